The van der Waals surface area contributed by atoms with E-state index in [2.05, 4.69) is 17.5 Å². The molecule has 0 atom stereocenters. The van der Waals surface area contributed by atoms with E-state index in [9.17, 15) is 0 Å². The van der Waals surface area contributed by atoms with Gasteiger partial charge in [0.1, 0.15) is 0 Å². The van der Waals surface area contributed by atoms with Gasteiger partial charge in [-0.3, -0.25) is 4.99 Å². The normalized spacial score (nSPS) is 11.8. The van der Waals surface area contributed by atoms with Crippen molar-refractivity contribution in [3.63, 3.8) is 0 Å². The monoisotopic (exact) mass is 465 g/mol. The van der Waals surface area contributed by atoms with E-state index in [1.165, 1.54) is 11.3 Å². The molecule has 32 heavy (non-hydrogen) atoms. The van der Waals surface area contributed by atoms with Crippen LogP contribution < -0.4 is 19.0 Å². The van der Waals surface area contributed by atoms with Gasteiger partial charge >= 0.3 is 0 Å². The van der Waals surface area contributed by atoms with Crippen molar-refractivity contribution in [3.8, 4) is 28.5 Å². The summed E-state index contributed by atoms with van der Waals surface area (Å²) in [5, 5.41) is 10.9. The maximum atomic E-state index is 5.54. The zero-order valence-electron chi connectivity index (χ0n) is 18.0. The molecule has 0 N–H and O–H groups in total. The van der Waals surface area contributed by atoms with Crippen LogP contribution in [0.2, 0.25) is 0 Å². The van der Waals surface area contributed by atoms with Gasteiger partial charge in [-0.1, -0.05) is 30.3 Å². The van der Waals surface area contributed by atoms with Crippen molar-refractivity contribution in [1.29, 1.82) is 0 Å². The van der Waals surface area contributed by atoms with Crippen LogP contribution in [0.25, 0.3) is 11.3 Å². The van der Waals surface area contributed by atoms with Gasteiger partial charge in [0.05, 0.1) is 39.8 Å². The molecule has 0 bridgehead atoms. The van der Waals surface area contributed by atoms with Crippen LogP contribution >= 0.6 is 22.7 Å². The minimum absolute atomic E-state index is 0.552. The fraction of sp³-hybridized carbons (Fsp3) is 0.167. The molecule has 0 radical (unpaired) electrons. The summed E-state index contributed by atoms with van der Waals surface area (Å²) in [6, 6.07) is 16.0. The average molecular weight is 466 g/mol. The maximum absolute atomic E-state index is 5.54. The zero-order valence-corrected chi connectivity index (χ0v) is 19.7. The van der Waals surface area contributed by atoms with E-state index in [0.29, 0.717) is 23.8 Å². The standard InChI is InChI=1S/C24H23N3O3S2/c1-28-21-11-19(12-22(29-2)23(21)30-3)20-16-32-24(25-13-17-7-5-4-6-8-17)27(20)26-14-18-9-10-31-15-18/h4-12,14-16H,13H2,1-3H3. The van der Waals surface area contributed by atoms with Crippen LogP contribution in [-0.4, -0.2) is 32.2 Å². The largest absolute Gasteiger partial charge is 0.493 e. The molecule has 0 aliphatic heterocycles. The molecule has 4 aromatic rings. The molecule has 0 fully saturated rings. The molecule has 0 amide bonds. The molecule has 0 aliphatic rings. The molecule has 0 saturated carbocycles. The zero-order chi connectivity index (χ0) is 22.3. The third kappa shape index (κ3) is 4.76. The summed E-state index contributed by atoms with van der Waals surface area (Å²) in [7, 11) is 4.81. The molecule has 0 aliphatic carbocycles. The number of rotatable bonds is 8. The number of thiazole rings is 1. The molecule has 0 spiro atoms. The highest BCUT2D eigenvalue weighted by atomic mass is 32.1. The van der Waals surface area contributed by atoms with E-state index >= 15 is 0 Å². The van der Waals surface area contributed by atoms with Crippen molar-refractivity contribution in [2.24, 2.45) is 10.1 Å². The van der Waals surface area contributed by atoms with E-state index < -0.39 is 0 Å². The molecule has 2 aromatic heterocycles. The average Bonchev–Trinajstić information content (AvgIpc) is 3.50. The van der Waals surface area contributed by atoms with Gasteiger partial charge in [0.15, 0.2) is 11.5 Å². The first-order valence-electron chi connectivity index (χ1n) is 9.85. The Bertz CT molecular complexity index is 1230. The van der Waals surface area contributed by atoms with Crippen LogP contribution in [0.5, 0.6) is 17.2 Å². The minimum atomic E-state index is 0.552. The highest BCUT2D eigenvalue weighted by Gasteiger charge is 2.17. The third-order valence-corrected chi connectivity index (χ3v) is 6.31. The Morgan fingerprint density at radius 2 is 1.69 bits per heavy atom. The van der Waals surface area contributed by atoms with Crippen LogP contribution in [0, 0.1) is 0 Å². The van der Waals surface area contributed by atoms with Crippen molar-refractivity contribution < 1.29 is 14.2 Å². The second kappa shape index (κ2) is 10.3. The fourth-order valence-electron chi connectivity index (χ4n) is 3.16. The van der Waals surface area contributed by atoms with E-state index in [-0.39, 0.29) is 0 Å². The SMILES string of the molecule is COc1cc(-c2csc(=NCc3ccccc3)n2N=Cc2ccsc2)cc(OC)c1OC. The number of ether oxygens (including phenoxy) is 3. The number of aromatic nitrogens is 1. The Kier molecular flexibility index (Phi) is 7.03. The molecule has 8 heteroatoms. The first-order chi connectivity index (χ1) is 15.7. The molecule has 0 saturated heterocycles. The number of benzene rings is 2. The number of thiophene rings is 1. The van der Waals surface area contributed by atoms with Crippen molar-refractivity contribution in [3.05, 3.63) is 80.6 Å². The summed E-state index contributed by atoms with van der Waals surface area (Å²) < 4.78 is 18.4. The predicted molar refractivity (Wildman–Crippen MR) is 130 cm³/mol. The van der Waals surface area contributed by atoms with Gasteiger partial charge < -0.3 is 14.2 Å². The topological polar surface area (TPSA) is 57.3 Å². The lowest BCUT2D eigenvalue weighted by Gasteiger charge is -2.14. The molecular weight excluding hydrogens is 442 g/mol. The summed E-state index contributed by atoms with van der Waals surface area (Å²) in [5.74, 6) is 1.73. The number of methoxy groups -OCH3 is 3. The quantitative estimate of drug-likeness (QED) is 0.332. The van der Waals surface area contributed by atoms with Crippen molar-refractivity contribution in [1.82, 2.24) is 4.68 Å². The Morgan fingerprint density at radius 3 is 2.31 bits per heavy atom. The van der Waals surface area contributed by atoms with Crippen molar-refractivity contribution in [2.45, 2.75) is 6.54 Å². The maximum Gasteiger partial charge on any atom is 0.206 e. The lowest BCUT2D eigenvalue weighted by molar-refractivity contribution is 0.324. The Balaban J connectivity index is 1.82. The molecule has 6 nitrogen and oxygen atoms in total. The Hall–Kier alpha value is -3.36. The number of hydrogen-bond donors (Lipinski definition) is 0. The van der Waals surface area contributed by atoms with Gasteiger partial charge in [0, 0.05) is 16.5 Å². The summed E-state index contributed by atoms with van der Waals surface area (Å²) >= 11 is 3.17. The van der Waals surface area contributed by atoms with Gasteiger partial charge in [-0.25, -0.2) is 4.68 Å². The first-order valence-corrected chi connectivity index (χ1v) is 11.7. The molecule has 164 valence electrons. The smallest absolute Gasteiger partial charge is 0.206 e. The summed E-state index contributed by atoms with van der Waals surface area (Å²) in [4.78, 5) is 5.62. The summed E-state index contributed by atoms with van der Waals surface area (Å²) in [6.07, 6.45) is 1.84. The summed E-state index contributed by atoms with van der Waals surface area (Å²) in [5.41, 5.74) is 3.95. The summed E-state index contributed by atoms with van der Waals surface area (Å²) in [6.45, 7) is 0.573. The van der Waals surface area contributed by atoms with E-state index in [1.807, 2.05) is 58.0 Å². The molecular formula is C24H23N3O3S2. The van der Waals surface area contributed by atoms with Crippen molar-refractivity contribution in [2.75, 3.05) is 21.3 Å². The highest BCUT2D eigenvalue weighted by Crippen LogP contribution is 2.41. The second-order valence-electron chi connectivity index (χ2n) is 6.73. The van der Waals surface area contributed by atoms with Gasteiger partial charge in [-0.2, -0.15) is 16.4 Å². The van der Waals surface area contributed by atoms with Crippen LogP contribution in [0.1, 0.15) is 11.1 Å². The fourth-order valence-corrected chi connectivity index (χ4v) is 4.61. The predicted octanol–water partition coefficient (Wildman–Crippen LogP) is 5.29. The van der Waals surface area contributed by atoms with Crippen LogP contribution in [0.4, 0.5) is 0 Å². The minimum Gasteiger partial charge on any atom is -0.493 e. The van der Waals surface area contributed by atoms with Gasteiger partial charge in [-0.05, 0) is 34.5 Å². The lowest BCUT2D eigenvalue weighted by atomic mass is 10.1. The van der Waals surface area contributed by atoms with E-state index in [4.69, 9.17) is 24.3 Å². The second-order valence-corrected chi connectivity index (χ2v) is 8.35. The first kappa shape index (κ1) is 21.9. The van der Waals surface area contributed by atoms with E-state index in [1.54, 1.807) is 32.7 Å². The van der Waals surface area contributed by atoms with Crippen LogP contribution in [0.15, 0.2) is 74.8 Å². The number of hydrogen-bond acceptors (Lipinski definition) is 7. The third-order valence-electron chi connectivity index (χ3n) is 4.75. The van der Waals surface area contributed by atoms with Crippen LogP contribution in [-0.2, 0) is 6.54 Å². The molecule has 4 rings (SSSR count). The molecule has 2 heterocycles. The van der Waals surface area contributed by atoms with Crippen LogP contribution in [0.3, 0.4) is 0 Å². The number of nitrogens with zero attached hydrogens (tertiary/aromatic N) is 3. The van der Waals surface area contributed by atoms with E-state index in [0.717, 1.165) is 27.2 Å². The van der Waals surface area contributed by atoms with Gasteiger partial charge in [-0.15, -0.1) is 11.3 Å². The molecule has 0 unspecified atom stereocenters. The Labute approximate surface area is 194 Å². The highest BCUT2D eigenvalue weighted by molar-refractivity contribution is 7.08. The Morgan fingerprint density at radius 1 is 0.938 bits per heavy atom. The van der Waals surface area contributed by atoms with Gasteiger partial charge in [0.25, 0.3) is 0 Å². The van der Waals surface area contributed by atoms with Crippen molar-refractivity contribution >= 4 is 28.9 Å². The lowest BCUT2D eigenvalue weighted by Crippen LogP contribution is -2.12. The molecule has 2 aromatic carbocycles. The van der Waals surface area contributed by atoms with Gasteiger partial charge in [0.2, 0.25) is 10.6 Å².